The summed E-state index contributed by atoms with van der Waals surface area (Å²) < 4.78 is 5.32. The van der Waals surface area contributed by atoms with Gasteiger partial charge in [0.1, 0.15) is 0 Å². The molecule has 0 amide bonds. The summed E-state index contributed by atoms with van der Waals surface area (Å²) in [6.45, 7) is 11.8. The van der Waals surface area contributed by atoms with Crippen LogP contribution in [0.1, 0.15) is 32.2 Å². The first-order valence-corrected chi connectivity index (χ1v) is 6.46. The quantitative estimate of drug-likeness (QED) is 0.870. The van der Waals surface area contributed by atoms with Gasteiger partial charge in [-0.25, -0.2) is 0 Å². The lowest BCUT2D eigenvalue weighted by Crippen LogP contribution is -2.56. The van der Waals surface area contributed by atoms with Gasteiger partial charge in [-0.05, 0) is 19.8 Å². The Labute approximate surface area is 103 Å². The van der Waals surface area contributed by atoms with Crippen molar-refractivity contribution >= 4 is 0 Å². The number of nitrogens with zero attached hydrogens (tertiary/aromatic N) is 2. The number of hydrogen-bond donors (Lipinski definition) is 1. The maximum absolute atomic E-state index is 5.32. The highest BCUT2D eigenvalue weighted by Gasteiger charge is 2.28. The lowest BCUT2D eigenvalue weighted by Gasteiger charge is -2.40. The van der Waals surface area contributed by atoms with Gasteiger partial charge in [-0.3, -0.25) is 4.90 Å². The van der Waals surface area contributed by atoms with E-state index in [1.54, 1.807) is 0 Å². The normalized spacial score (nSPS) is 26.6. The van der Waals surface area contributed by atoms with E-state index >= 15 is 0 Å². The number of aryl methyl sites for hydroxylation is 1. The molecule has 1 N–H and O–H groups in total. The molecule has 96 valence electrons. The van der Waals surface area contributed by atoms with Crippen LogP contribution in [0.5, 0.6) is 0 Å². The molecule has 2 rings (SSSR count). The second-order valence-electron chi connectivity index (χ2n) is 5.48. The van der Waals surface area contributed by atoms with Crippen molar-refractivity contribution in [3.05, 3.63) is 17.5 Å². The second-order valence-corrected chi connectivity index (χ2v) is 5.48. The SMILES string of the molecule is Cc1cc(CN2CC(C)NCC2C(C)C)on1. The largest absolute Gasteiger partial charge is 0.360 e. The lowest BCUT2D eigenvalue weighted by molar-refractivity contribution is 0.0859. The number of piperazine rings is 1. The molecule has 1 aliphatic heterocycles. The predicted molar refractivity (Wildman–Crippen MR) is 67.7 cm³/mol. The zero-order valence-electron chi connectivity index (χ0n) is 11.2. The molecular formula is C13H23N3O. The number of hydrogen-bond acceptors (Lipinski definition) is 4. The summed E-state index contributed by atoms with van der Waals surface area (Å²) in [6, 6.07) is 3.16. The van der Waals surface area contributed by atoms with E-state index in [0.29, 0.717) is 18.0 Å². The lowest BCUT2D eigenvalue weighted by atomic mass is 9.98. The van der Waals surface area contributed by atoms with E-state index in [1.807, 2.05) is 13.0 Å². The zero-order chi connectivity index (χ0) is 12.4. The highest BCUT2D eigenvalue weighted by Crippen LogP contribution is 2.18. The van der Waals surface area contributed by atoms with Crippen LogP contribution in [0.3, 0.4) is 0 Å². The minimum Gasteiger partial charge on any atom is -0.360 e. The van der Waals surface area contributed by atoms with Crippen LogP contribution in [0.2, 0.25) is 0 Å². The van der Waals surface area contributed by atoms with Crippen LogP contribution in [0.15, 0.2) is 10.6 Å². The summed E-state index contributed by atoms with van der Waals surface area (Å²) in [5.74, 6) is 1.63. The molecule has 4 nitrogen and oxygen atoms in total. The van der Waals surface area contributed by atoms with Crippen molar-refractivity contribution in [3.8, 4) is 0 Å². The molecule has 2 unspecified atom stereocenters. The highest BCUT2D eigenvalue weighted by molar-refractivity contribution is 5.04. The van der Waals surface area contributed by atoms with Crippen LogP contribution in [0.25, 0.3) is 0 Å². The fraction of sp³-hybridized carbons (Fsp3) is 0.769. The van der Waals surface area contributed by atoms with Gasteiger partial charge in [-0.1, -0.05) is 19.0 Å². The fourth-order valence-corrected chi connectivity index (χ4v) is 2.53. The first-order valence-electron chi connectivity index (χ1n) is 6.46. The molecule has 0 aromatic carbocycles. The highest BCUT2D eigenvalue weighted by atomic mass is 16.5. The Morgan fingerprint density at radius 2 is 2.35 bits per heavy atom. The fourth-order valence-electron chi connectivity index (χ4n) is 2.53. The van der Waals surface area contributed by atoms with Gasteiger partial charge in [0.15, 0.2) is 5.76 Å². The third-order valence-electron chi connectivity index (χ3n) is 3.46. The van der Waals surface area contributed by atoms with Gasteiger partial charge < -0.3 is 9.84 Å². The third-order valence-corrected chi connectivity index (χ3v) is 3.46. The van der Waals surface area contributed by atoms with Crippen LogP contribution >= 0.6 is 0 Å². The van der Waals surface area contributed by atoms with Gasteiger partial charge in [0, 0.05) is 31.2 Å². The molecule has 0 spiro atoms. The minimum absolute atomic E-state index is 0.550. The van der Waals surface area contributed by atoms with Crippen molar-refractivity contribution in [2.75, 3.05) is 13.1 Å². The molecular weight excluding hydrogens is 214 g/mol. The van der Waals surface area contributed by atoms with Gasteiger partial charge in [-0.15, -0.1) is 0 Å². The van der Waals surface area contributed by atoms with Gasteiger partial charge in [0.2, 0.25) is 0 Å². The summed E-state index contributed by atoms with van der Waals surface area (Å²) in [5, 5.41) is 7.50. The monoisotopic (exact) mass is 237 g/mol. The average molecular weight is 237 g/mol. The first-order chi connectivity index (χ1) is 8.06. The van der Waals surface area contributed by atoms with Gasteiger partial charge >= 0.3 is 0 Å². The molecule has 1 fully saturated rings. The van der Waals surface area contributed by atoms with Crippen molar-refractivity contribution in [1.82, 2.24) is 15.4 Å². The van der Waals surface area contributed by atoms with Crippen molar-refractivity contribution < 1.29 is 4.52 Å². The molecule has 2 heterocycles. The molecule has 0 aliphatic carbocycles. The summed E-state index contributed by atoms with van der Waals surface area (Å²) >= 11 is 0. The topological polar surface area (TPSA) is 41.3 Å². The molecule has 17 heavy (non-hydrogen) atoms. The third kappa shape index (κ3) is 3.07. The molecule has 0 radical (unpaired) electrons. The first kappa shape index (κ1) is 12.6. The van der Waals surface area contributed by atoms with Crippen molar-refractivity contribution in [2.45, 2.75) is 46.3 Å². The van der Waals surface area contributed by atoms with E-state index in [4.69, 9.17) is 4.52 Å². The van der Waals surface area contributed by atoms with Crippen molar-refractivity contribution in [3.63, 3.8) is 0 Å². The number of rotatable bonds is 3. The van der Waals surface area contributed by atoms with Gasteiger partial charge in [-0.2, -0.15) is 0 Å². The molecule has 1 aromatic heterocycles. The average Bonchev–Trinajstić information content (AvgIpc) is 2.63. The standard InChI is InChI=1S/C13H23N3O/c1-9(2)13-6-14-11(4)7-16(13)8-12-5-10(3)15-17-12/h5,9,11,13-14H,6-8H2,1-4H3. The van der Waals surface area contributed by atoms with E-state index in [0.717, 1.165) is 31.1 Å². The maximum atomic E-state index is 5.32. The maximum Gasteiger partial charge on any atom is 0.150 e. The van der Waals surface area contributed by atoms with E-state index in [1.165, 1.54) is 0 Å². The molecule has 4 heteroatoms. The van der Waals surface area contributed by atoms with E-state index in [9.17, 15) is 0 Å². The van der Waals surface area contributed by atoms with Crippen molar-refractivity contribution in [1.29, 1.82) is 0 Å². The Balaban J connectivity index is 2.04. The molecule has 1 saturated heterocycles. The van der Waals surface area contributed by atoms with Gasteiger partial charge in [0.25, 0.3) is 0 Å². The van der Waals surface area contributed by atoms with Crippen LogP contribution in [0, 0.1) is 12.8 Å². The van der Waals surface area contributed by atoms with Crippen LogP contribution in [-0.2, 0) is 6.54 Å². The van der Waals surface area contributed by atoms with Crippen molar-refractivity contribution in [2.24, 2.45) is 5.92 Å². The Morgan fingerprint density at radius 3 is 2.94 bits per heavy atom. The molecule has 0 bridgehead atoms. The Morgan fingerprint density at radius 1 is 1.59 bits per heavy atom. The van der Waals surface area contributed by atoms with E-state index < -0.39 is 0 Å². The summed E-state index contributed by atoms with van der Waals surface area (Å²) in [5.41, 5.74) is 0.962. The Hall–Kier alpha value is -0.870. The van der Waals surface area contributed by atoms with E-state index in [-0.39, 0.29) is 0 Å². The Bertz CT molecular complexity index is 361. The second kappa shape index (κ2) is 5.19. The Kier molecular flexibility index (Phi) is 3.84. The van der Waals surface area contributed by atoms with E-state index in [2.05, 4.69) is 36.1 Å². The van der Waals surface area contributed by atoms with Gasteiger partial charge in [0.05, 0.1) is 12.2 Å². The van der Waals surface area contributed by atoms with Crippen LogP contribution in [0.4, 0.5) is 0 Å². The molecule has 2 atom stereocenters. The van der Waals surface area contributed by atoms with Crippen LogP contribution < -0.4 is 5.32 Å². The summed E-state index contributed by atoms with van der Waals surface area (Å²) in [6.07, 6.45) is 0. The summed E-state index contributed by atoms with van der Waals surface area (Å²) in [4.78, 5) is 2.51. The molecule has 1 aromatic rings. The minimum atomic E-state index is 0.550. The smallest absolute Gasteiger partial charge is 0.150 e. The number of aromatic nitrogens is 1. The zero-order valence-corrected chi connectivity index (χ0v) is 11.2. The predicted octanol–water partition coefficient (Wildman–Crippen LogP) is 1.80. The van der Waals surface area contributed by atoms with Crippen LogP contribution in [-0.4, -0.2) is 35.2 Å². The molecule has 0 saturated carbocycles. The number of nitrogens with one attached hydrogen (secondary N) is 1. The molecule has 1 aliphatic rings. The summed E-state index contributed by atoms with van der Waals surface area (Å²) in [7, 11) is 0.